The molecule has 3 aromatic heterocycles. The normalized spacial score (nSPS) is 13.6. The number of hydrogen-bond donors (Lipinski definition) is 2. The number of alkyl halides is 3. The van der Waals surface area contributed by atoms with Crippen molar-refractivity contribution in [3.63, 3.8) is 0 Å². The quantitative estimate of drug-likeness (QED) is 0.0651. The van der Waals surface area contributed by atoms with E-state index in [-0.39, 0.29) is 15.9 Å². The fourth-order valence-corrected chi connectivity index (χ4v) is 8.52. The molecule has 2 aromatic carbocycles. The molecular formula is C42H51ClF3N5O6S2. The van der Waals surface area contributed by atoms with Crippen LogP contribution in [0.1, 0.15) is 73.0 Å². The van der Waals surface area contributed by atoms with Gasteiger partial charge in [-0.3, -0.25) is 14.2 Å². The predicted octanol–water partition coefficient (Wildman–Crippen LogP) is 9.53. The number of unbranched alkanes of at least 4 members (excludes halogenated alkanes) is 7. The first-order valence-electron chi connectivity index (χ1n) is 19.6. The van der Waals surface area contributed by atoms with Gasteiger partial charge < -0.3 is 24.7 Å². The Morgan fingerprint density at radius 1 is 0.864 bits per heavy atom. The monoisotopic (exact) mass is 877 g/mol. The molecule has 1 aliphatic rings. The van der Waals surface area contributed by atoms with Crippen LogP contribution in [0.25, 0.3) is 10.9 Å². The third kappa shape index (κ3) is 14.8. The molecule has 0 atom stereocenters. The van der Waals surface area contributed by atoms with Crippen LogP contribution in [0.2, 0.25) is 4.34 Å². The number of aromatic nitrogens is 2. The molecule has 4 heterocycles. The fourth-order valence-electron chi connectivity index (χ4n) is 6.67. The van der Waals surface area contributed by atoms with Crippen LogP contribution in [0.15, 0.2) is 83.2 Å². The smallest absolute Gasteiger partial charge is 0.422 e. The molecule has 0 unspecified atom stereocenters. The maximum absolute atomic E-state index is 13.6. The molecule has 1 amide bonds. The van der Waals surface area contributed by atoms with E-state index in [0.29, 0.717) is 54.4 Å². The Morgan fingerprint density at radius 3 is 2.08 bits per heavy atom. The SMILES string of the molecule is Cn1c(C(=O)N2CCN(Cc3ccc(OCC(F)(F)F)cc3)CC2)cc2ccc(Oc3ccc(CCCCCCCCCCN)cn3)cc21.O=S(=O)(O)c1ccc(Cl)s1. The number of thiophene rings is 1. The minimum absolute atomic E-state index is 0.0215. The number of carbonyl (C=O) groups is 1. The lowest BCUT2D eigenvalue weighted by molar-refractivity contribution is -0.153. The highest BCUT2D eigenvalue weighted by atomic mass is 35.5. The van der Waals surface area contributed by atoms with E-state index in [1.165, 1.54) is 56.2 Å². The van der Waals surface area contributed by atoms with Crippen molar-refractivity contribution in [1.29, 1.82) is 0 Å². The molecule has 1 fully saturated rings. The number of nitrogens with zero attached hydrogens (tertiary/aromatic N) is 4. The Hall–Kier alpha value is -4.19. The van der Waals surface area contributed by atoms with Crippen LogP contribution in [-0.2, 0) is 30.1 Å². The number of ether oxygens (including phenoxy) is 2. The second-order valence-corrected chi connectivity index (χ2v) is 17.8. The molecule has 5 aromatic rings. The number of amides is 1. The van der Waals surface area contributed by atoms with Crippen molar-refractivity contribution in [2.75, 3.05) is 39.3 Å². The molecule has 320 valence electrons. The summed E-state index contributed by atoms with van der Waals surface area (Å²) in [5, 5.41) is 0.957. The zero-order valence-corrected chi connectivity index (χ0v) is 35.4. The third-order valence-electron chi connectivity index (χ3n) is 9.87. The van der Waals surface area contributed by atoms with Gasteiger partial charge in [-0.05, 0) is 79.4 Å². The Labute approximate surface area is 352 Å². The van der Waals surface area contributed by atoms with E-state index in [1.54, 1.807) is 24.3 Å². The number of pyridine rings is 1. The van der Waals surface area contributed by atoms with Gasteiger partial charge in [0.15, 0.2) is 6.61 Å². The molecule has 17 heteroatoms. The van der Waals surface area contributed by atoms with Gasteiger partial charge in [0.2, 0.25) is 5.88 Å². The summed E-state index contributed by atoms with van der Waals surface area (Å²) in [6.07, 6.45) is 8.49. The lowest BCUT2D eigenvalue weighted by Crippen LogP contribution is -2.48. The van der Waals surface area contributed by atoms with Crippen molar-refractivity contribution in [2.45, 2.75) is 74.7 Å². The molecule has 0 saturated carbocycles. The van der Waals surface area contributed by atoms with Crippen LogP contribution >= 0.6 is 22.9 Å². The van der Waals surface area contributed by atoms with E-state index in [1.807, 2.05) is 53.0 Å². The molecule has 1 saturated heterocycles. The van der Waals surface area contributed by atoms with E-state index < -0.39 is 22.9 Å². The second-order valence-electron chi connectivity index (χ2n) is 14.4. The van der Waals surface area contributed by atoms with Gasteiger partial charge in [-0.2, -0.15) is 21.6 Å². The summed E-state index contributed by atoms with van der Waals surface area (Å²) >= 11 is 6.23. The van der Waals surface area contributed by atoms with E-state index in [2.05, 4.69) is 16.0 Å². The molecule has 0 radical (unpaired) electrons. The highest BCUT2D eigenvalue weighted by Crippen LogP contribution is 2.29. The lowest BCUT2D eigenvalue weighted by atomic mass is 10.1. The topological polar surface area (TPSA) is 140 Å². The van der Waals surface area contributed by atoms with Crippen LogP contribution in [0.4, 0.5) is 13.2 Å². The molecule has 0 spiro atoms. The molecule has 0 bridgehead atoms. The number of nitrogens with two attached hydrogens (primary N) is 1. The van der Waals surface area contributed by atoms with E-state index in [0.717, 1.165) is 53.6 Å². The molecule has 0 aliphatic carbocycles. The maximum atomic E-state index is 13.6. The number of hydrogen-bond acceptors (Lipinski definition) is 9. The van der Waals surface area contributed by atoms with E-state index in [9.17, 15) is 26.4 Å². The molecule has 1 aliphatic heterocycles. The number of fused-ring (bicyclic) bond motifs is 1. The van der Waals surface area contributed by atoms with Gasteiger partial charge in [0, 0.05) is 63.5 Å². The van der Waals surface area contributed by atoms with Crippen molar-refractivity contribution in [2.24, 2.45) is 12.8 Å². The summed E-state index contributed by atoms with van der Waals surface area (Å²) < 4.78 is 79.4. The number of benzene rings is 2. The zero-order valence-electron chi connectivity index (χ0n) is 33.0. The Balaban J connectivity index is 0.000000578. The van der Waals surface area contributed by atoms with Gasteiger partial charge in [0.1, 0.15) is 21.4 Å². The van der Waals surface area contributed by atoms with Crippen LogP contribution in [0.5, 0.6) is 17.4 Å². The van der Waals surface area contributed by atoms with Crippen molar-refractivity contribution in [3.8, 4) is 17.4 Å². The molecule has 6 rings (SSSR count). The Morgan fingerprint density at radius 2 is 1.51 bits per heavy atom. The molecule has 3 N–H and O–H groups in total. The van der Waals surface area contributed by atoms with E-state index in [4.69, 9.17) is 31.4 Å². The first kappa shape index (κ1) is 45.9. The highest BCUT2D eigenvalue weighted by molar-refractivity contribution is 7.88. The number of aryl methyl sites for hydroxylation is 2. The van der Waals surface area contributed by atoms with Crippen LogP contribution < -0.4 is 15.2 Å². The van der Waals surface area contributed by atoms with Crippen LogP contribution in [0.3, 0.4) is 0 Å². The van der Waals surface area contributed by atoms with Crippen molar-refractivity contribution in [3.05, 3.63) is 100 Å². The summed E-state index contributed by atoms with van der Waals surface area (Å²) in [5.74, 6) is 1.36. The minimum atomic E-state index is -4.37. The van der Waals surface area contributed by atoms with Gasteiger partial charge in [0.25, 0.3) is 5.91 Å². The highest BCUT2D eigenvalue weighted by Gasteiger charge is 2.28. The van der Waals surface area contributed by atoms with Gasteiger partial charge in [-0.1, -0.05) is 68.3 Å². The third-order valence-corrected chi connectivity index (χ3v) is 12.4. The standard InChI is InChI=1S/C38H48F3N5O3.C4H3ClO3S2/c1-44-34-25-33(49-36-18-13-29(26-43-36)10-8-6-4-2-3-5-7-9-19-42)17-14-31(34)24-35(44)37(47)46-22-20-45(21-23-46)27-30-11-15-32(16-12-30)48-28-38(39,40)41;5-3-1-2-4(9-3)10(6,7)8/h11-18,24-26H,2-10,19-23,27-28,42H2,1H3;1-2H,(H,6,7,8). The van der Waals surface area contributed by atoms with Crippen molar-refractivity contribution >= 4 is 49.9 Å². The maximum Gasteiger partial charge on any atom is 0.422 e. The first-order valence-corrected chi connectivity index (χ1v) is 22.3. The second kappa shape index (κ2) is 21.9. The van der Waals surface area contributed by atoms with Crippen LogP contribution in [-0.4, -0.2) is 83.7 Å². The molecule has 11 nitrogen and oxygen atoms in total. The Bertz CT molecular complexity index is 2190. The largest absolute Gasteiger partial charge is 0.484 e. The summed E-state index contributed by atoms with van der Waals surface area (Å²) in [5.41, 5.74) is 9.26. The zero-order chi connectivity index (χ0) is 42.4. The van der Waals surface area contributed by atoms with Crippen LogP contribution in [0, 0.1) is 0 Å². The van der Waals surface area contributed by atoms with Gasteiger partial charge in [-0.15, -0.1) is 11.3 Å². The fraction of sp³-hybridized carbons (Fsp3) is 0.429. The summed E-state index contributed by atoms with van der Waals surface area (Å²) in [6, 6.07) is 21.1. The van der Waals surface area contributed by atoms with Gasteiger partial charge >= 0.3 is 16.3 Å². The summed E-state index contributed by atoms with van der Waals surface area (Å²) in [6.45, 7) is 2.69. The first-order chi connectivity index (χ1) is 28.2. The number of halogens is 4. The molecular weight excluding hydrogens is 827 g/mol. The average Bonchev–Trinajstić information content (AvgIpc) is 3.80. The summed E-state index contributed by atoms with van der Waals surface area (Å²) in [4.78, 5) is 22.2. The number of piperazine rings is 1. The van der Waals surface area contributed by atoms with Gasteiger partial charge in [0.05, 0.1) is 9.85 Å². The molecule has 59 heavy (non-hydrogen) atoms. The van der Waals surface area contributed by atoms with E-state index >= 15 is 0 Å². The van der Waals surface area contributed by atoms with Crippen molar-refractivity contribution in [1.82, 2.24) is 19.4 Å². The minimum Gasteiger partial charge on any atom is -0.484 e. The predicted molar refractivity (Wildman–Crippen MR) is 225 cm³/mol. The number of rotatable bonds is 18. The van der Waals surface area contributed by atoms with Gasteiger partial charge in [-0.25, -0.2) is 4.98 Å². The Kier molecular flexibility index (Phi) is 17.0. The summed E-state index contributed by atoms with van der Waals surface area (Å²) in [7, 11) is -2.15. The lowest BCUT2D eigenvalue weighted by Gasteiger charge is -2.34. The number of carbonyl (C=O) groups excluding carboxylic acids is 1. The average molecular weight is 878 g/mol. The van der Waals surface area contributed by atoms with Crippen molar-refractivity contribution < 1.29 is 40.4 Å².